The molecule has 1 aromatic heterocycles. The summed E-state index contributed by atoms with van der Waals surface area (Å²) in [5.41, 5.74) is 5.88. The first-order chi connectivity index (χ1) is 8.96. The first-order valence-electron chi connectivity index (χ1n) is 6.72. The van der Waals surface area contributed by atoms with Crippen molar-refractivity contribution >= 4 is 9.84 Å². The number of aromatic nitrogens is 2. The molecule has 0 aromatic carbocycles. The van der Waals surface area contributed by atoms with Crippen molar-refractivity contribution in [2.45, 2.75) is 50.5 Å². The molecule has 1 aliphatic carbocycles. The third-order valence-corrected chi connectivity index (χ3v) is 4.52. The fourth-order valence-electron chi connectivity index (χ4n) is 2.39. The SMILES string of the molecule is CS(=O)(=O)CCC(N)c1nc(C2CCCCC2)no1. The Morgan fingerprint density at radius 1 is 1.37 bits per heavy atom. The van der Waals surface area contributed by atoms with Crippen LogP contribution in [0.4, 0.5) is 0 Å². The van der Waals surface area contributed by atoms with Gasteiger partial charge in [0.25, 0.3) is 0 Å². The number of hydrogen-bond donors (Lipinski definition) is 1. The van der Waals surface area contributed by atoms with Crippen LogP contribution in [-0.4, -0.2) is 30.6 Å². The third-order valence-electron chi connectivity index (χ3n) is 3.54. The lowest BCUT2D eigenvalue weighted by Gasteiger charge is -2.17. The van der Waals surface area contributed by atoms with E-state index in [9.17, 15) is 8.42 Å². The minimum Gasteiger partial charge on any atom is -0.338 e. The third kappa shape index (κ3) is 4.28. The Morgan fingerprint density at radius 3 is 2.68 bits per heavy atom. The van der Waals surface area contributed by atoms with E-state index < -0.39 is 15.9 Å². The molecule has 1 saturated carbocycles. The molecule has 2 rings (SSSR count). The molecule has 0 radical (unpaired) electrons. The molecule has 1 atom stereocenters. The molecule has 1 heterocycles. The Balaban J connectivity index is 1.95. The Kier molecular flexibility index (Phi) is 4.57. The predicted molar refractivity (Wildman–Crippen MR) is 71.4 cm³/mol. The van der Waals surface area contributed by atoms with Crippen LogP contribution in [0.25, 0.3) is 0 Å². The first-order valence-corrected chi connectivity index (χ1v) is 8.78. The van der Waals surface area contributed by atoms with E-state index in [1.807, 2.05) is 0 Å². The van der Waals surface area contributed by atoms with Gasteiger partial charge in [0.1, 0.15) is 9.84 Å². The lowest BCUT2D eigenvalue weighted by molar-refractivity contribution is 0.339. The van der Waals surface area contributed by atoms with Crippen LogP contribution in [0, 0.1) is 0 Å². The molecule has 108 valence electrons. The van der Waals surface area contributed by atoms with Crippen molar-refractivity contribution < 1.29 is 12.9 Å². The van der Waals surface area contributed by atoms with E-state index in [1.165, 1.54) is 25.5 Å². The average molecular weight is 287 g/mol. The molecule has 1 aliphatic rings. The summed E-state index contributed by atoms with van der Waals surface area (Å²) in [6.07, 6.45) is 7.37. The molecule has 0 saturated heterocycles. The summed E-state index contributed by atoms with van der Waals surface area (Å²) in [4.78, 5) is 4.34. The van der Waals surface area contributed by atoms with Crippen LogP contribution in [0.1, 0.15) is 62.2 Å². The van der Waals surface area contributed by atoms with Crippen molar-refractivity contribution in [3.8, 4) is 0 Å². The second-order valence-corrected chi connectivity index (χ2v) is 7.61. The summed E-state index contributed by atoms with van der Waals surface area (Å²) in [7, 11) is -3.01. The van der Waals surface area contributed by atoms with Gasteiger partial charge in [-0.25, -0.2) is 8.42 Å². The van der Waals surface area contributed by atoms with Crippen molar-refractivity contribution in [1.29, 1.82) is 0 Å². The summed E-state index contributed by atoms with van der Waals surface area (Å²) in [6, 6.07) is -0.500. The second kappa shape index (κ2) is 6.00. The van der Waals surface area contributed by atoms with Gasteiger partial charge in [-0.15, -0.1) is 0 Å². The van der Waals surface area contributed by atoms with Gasteiger partial charge in [0.2, 0.25) is 5.89 Å². The fraction of sp³-hybridized carbons (Fsp3) is 0.833. The zero-order valence-electron chi connectivity index (χ0n) is 11.2. The zero-order chi connectivity index (χ0) is 13.9. The van der Waals surface area contributed by atoms with Crippen LogP contribution >= 0.6 is 0 Å². The maximum Gasteiger partial charge on any atom is 0.243 e. The highest BCUT2D eigenvalue weighted by Gasteiger charge is 2.23. The number of sulfone groups is 1. The van der Waals surface area contributed by atoms with E-state index in [0.717, 1.165) is 18.7 Å². The highest BCUT2D eigenvalue weighted by Crippen LogP contribution is 2.31. The van der Waals surface area contributed by atoms with Gasteiger partial charge in [0, 0.05) is 12.2 Å². The molecule has 0 spiro atoms. The summed E-state index contributed by atoms with van der Waals surface area (Å²) >= 11 is 0. The Morgan fingerprint density at radius 2 is 2.05 bits per heavy atom. The van der Waals surface area contributed by atoms with E-state index in [0.29, 0.717) is 18.2 Å². The van der Waals surface area contributed by atoms with Crippen LogP contribution in [0.15, 0.2) is 4.52 Å². The van der Waals surface area contributed by atoms with Crippen LogP contribution in [0.3, 0.4) is 0 Å². The minimum atomic E-state index is -3.01. The minimum absolute atomic E-state index is 0.0370. The Labute approximate surface area is 113 Å². The molecule has 0 amide bonds. The maximum atomic E-state index is 11.1. The highest BCUT2D eigenvalue weighted by atomic mass is 32.2. The summed E-state index contributed by atoms with van der Waals surface area (Å²) in [5.74, 6) is 1.48. The molecule has 2 N–H and O–H groups in total. The van der Waals surface area contributed by atoms with Crippen molar-refractivity contribution in [1.82, 2.24) is 10.1 Å². The van der Waals surface area contributed by atoms with Gasteiger partial charge in [-0.1, -0.05) is 24.4 Å². The van der Waals surface area contributed by atoms with E-state index in [2.05, 4.69) is 10.1 Å². The van der Waals surface area contributed by atoms with Crippen molar-refractivity contribution in [2.24, 2.45) is 5.73 Å². The van der Waals surface area contributed by atoms with Gasteiger partial charge >= 0.3 is 0 Å². The Hall–Kier alpha value is -0.950. The van der Waals surface area contributed by atoms with Crippen molar-refractivity contribution in [3.63, 3.8) is 0 Å². The molecule has 1 aromatic rings. The number of nitrogens with zero attached hydrogens (tertiary/aromatic N) is 2. The molecule has 0 bridgehead atoms. The quantitative estimate of drug-likeness (QED) is 0.882. The summed E-state index contributed by atoms with van der Waals surface area (Å²) in [5, 5.41) is 3.99. The second-order valence-electron chi connectivity index (χ2n) is 5.35. The maximum absolute atomic E-state index is 11.1. The van der Waals surface area contributed by atoms with Gasteiger partial charge < -0.3 is 10.3 Å². The zero-order valence-corrected chi connectivity index (χ0v) is 12.0. The molecule has 0 aliphatic heterocycles. The van der Waals surface area contributed by atoms with Crippen LogP contribution < -0.4 is 5.73 Å². The first kappa shape index (κ1) is 14.5. The Bertz CT molecular complexity index is 506. The van der Waals surface area contributed by atoms with E-state index in [4.69, 9.17) is 10.3 Å². The van der Waals surface area contributed by atoms with Gasteiger partial charge in [-0.05, 0) is 19.3 Å². The average Bonchev–Trinajstić information content (AvgIpc) is 2.86. The van der Waals surface area contributed by atoms with Gasteiger partial charge in [-0.3, -0.25) is 0 Å². The molecule has 19 heavy (non-hydrogen) atoms. The van der Waals surface area contributed by atoms with E-state index in [1.54, 1.807) is 0 Å². The molecular weight excluding hydrogens is 266 g/mol. The summed E-state index contributed by atoms with van der Waals surface area (Å²) in [6.45, 7) is 0. The molecule has 6 nitrogen and oxygen atoms in total. The standard InChI is InChI=1S/C12H21N3O3S/c1-19(16,17)8-7-10(13)12-14-11(15-18-12)9-5-3-2-4-6-9/h9-10H,2-8,13H2,1H3. The van der Waals surface area contributed by atoms with Gasteiger partial charge in [0.15, 0.2) is 5.82 Å². The monoisotopic (exact) mass is 287 g/mol. The molecule has 1 unspecified atom stereocenters. The fourth-order valence-corrected chi connectivity index (χ4v) is 3.07. The van der Waals surface area contributed by atoms with E-state index >= 15 is 0 Å². The lowest BCUT2D eigenvalue weighted by Crippen LogP contribution is -2.16. The molecule has 1 fully saturated rings. The van der Waals surface area contributed by atoms with Gasteiger partial charge in [0.05, 0.1) is 11.8 Å². The lowest BCUT2D eigenvalue weighted by atomic mass is 9.89. The molecular formula is C12H21N3O3S. The number of nitrogens with two attached hydrogens (primary N) is 1. The smallest absolute Gasteiger partial charge is 0.243 e. The predicted octanol–water partition coefficient (Wildman–Crippen LogP) is 1.55. The molecule has 7 heteroatoms. The highest BCUT2D eigenvalue weighted by molar-refractivity contribution is 7.90. The van der Waals surface area contributed by atoms with Crippen LogP contribution in [0.2, 0.25) is 0 Å². The van der Waals surface area contributed by atoms with E-state index in [-0.39, 0.29) is 5.75 Å². The summed E-state index contributed by atoms with van der Waals surface area (Å²) < 4.78 is 27.4. The van der Waals surface area contributed by atoms with Crippen molar-refractivity contribution in [3.05, 3.63) is 11.7 Å². The number of hydrogen-bond acceptors (Lipinski definition) is 6. The van der Waals surface area contributed by atoms with Crippen LogP contribution in [0.5, 0.6) is 0 Å². The topological polar surface area (TPSA) is 99.1 Å². The van der Waals surface area contributed by atoms with Gasteiger partial charge in [-0.2, -0.15) is 4.98 Å². The largest absolute Gasteiger partial charge is 0.338 e. The normalized spacial score (nSPS) is 19.5. The van der Waals surface area contributed by atoms with Crippen LogP contribution in [-0.2, 0) is 9.84 Å². The number of rotatable bonds is 5. The van der Waals surface area contributed by atoms with Crippen molar-refractivity contribution in [2.75, 3.05) is 12.0 Å².